The Labute approximate surface area is 154 Å². The summed E-state index contributed by atoms with van der Waals surface area (Å²) >= 11 is 0. The van der Waals surface area contributed by atoms with Gasteiger partial charge in [0.25, 0.3) is 5.56 Å². The third-order valence-corrected chi connectivity index (χ3v) is 4.16. The van der Waals surface area contributed by atoms with Crippen molar-refractivity contribution in [1.29, 1.82) is 0 Å². The smallest absolute Gasteiger partial charge is 0.269 e. The summed E-state index contributed by atoms with van der Waals surface area (Å²) in [6.07, 6.45) is 1.28. The van der Waals surface area contributed by atoms with Crippen molar-refractivity contribution >= 4 is 11.0 Å². The maximum atomic E-state index is 12.3. The van der Waals surface area contributed by atoms with E-state index >= 15 is 0 Å². The van der Waals surface area contributed by atoms with Crippen LogP contribution < -0.4 is 15.0 Å². The summed E-state index contributed by atoms with van der Waals surface area (Å²) < 4.78 is 17.6. The highest BCUT2D eigenvalue weighted by Gasteiger charge is 2.17. The van der Waals surface area contributed by atoms with Gasteiger partial charge in [0.1, 0.15) is 6.54 Å². The molecule has 0 spiro atoms. The normalized spacial score (nSPS) is 10.9. The summed E-state index contributed by atoms with van der Waals surface area (Å²) in [6, 6.07) is 12.8. The Kier molecular flexibility index (Phi) is 4.29. The predicted molar refractivity (Wildman–Crippen MR) is 97.9 cm³/mol. The minimum absolute atomic E-state index is 0.140. The van der Waals surface area contributed by atoms with Crippen LogP contribution in [0.25, 0.3) is 22.4 Å². The molecule has 2 aromatic heterocycles. The summed E-state index contributed by atoms with van der Waals surface area (Å²) in [5.74, 6) is 1.73. The molecule has 4 aromatic rings. The second-order valence-electron chi connectivity index (χ2n) is 5.72. The average Bonchev–Trinajstić information content (AvgIpc) is 3.18. The quantitative estimate of drug-likeness (QED) is 0.537. The lowest BCUT2D eigenvalue weighted by atomic mass is 10.1. The van der Waals surface area contributed by atoms with E-state index in [1.54, 1.807) is 24.9 Å². The molecule has 136 valence electrons. The molecule has 4 rings (SSSR count). The zero-order chi connectivity index (χ0) is 18.8. The van der Waals surface area contributed by atoms with Gasteiger partial charge in [-0.15, -0.1) is 0 Å². The molecular formula is C19H16N4O4. The highest BCUT2D eigenvalue weighted by molar-refractivity contribution is 5.74. The number of nitrogens with zero attached hydrogens (tertiary/aromatic N) is 4. The molecule has 0 fully saturated rings. The van der Waals surface area contributed by atoms with E-state index in [0.717, 1.165) is 0 Å². The van der Waals surface area contributed by atoms with Crippen molar-refractivity contribution in [2.75, 3.05) is 14.2 Å². The standard InChI is InChI=1S/C19H16N4O4/c1-25-15-9-5-6-12(18(15)26-2)19-21-16(27-22-19)11-23-14-8-4-3-7-13(14)20-10-17(23)24/h3-10H,11H2,1-2H3. The lowest BCUT2D eigenvalue weighted by Crippen LogP contribution is -2.21. The molecule has 8 nitrogen and oxygen atoms in total. The summed E-state index contributed by atoms with van der Waals surface area (Å²) in [5.41, 5.74) is 1.81. The van der Waals surface area contributed by atoms with Crippen LogP contribution in [0.5, 0.6) is 11.5 Å². The van der Waals surface area contributed by atoms with E-state index in [2.05, 4.69) is 15.1 Å². The van der Waals surface area contributed by atoms with Crippen molar-refractivity contribution in [2.45, 2.75) is 6.54 Å². The van der Waals surface area contributed by atoms with E-state index in [0.29, 0.717) is 39.8 Å². The third kappa shape index (κ3) is 3.01. The number of ether oxygens (including phenoxy) is 2. The fraction of sp³-hybridized carbons (Fsp3) is 0.158. The first kappa shape index (κ1) is 16.8. The van der Waals surface area contributed by atoms with E-state index in [9.17, 15) is 4.79 Å². The van der Waals surface area contributed by atoms with Crippen LogP contribution >= 0.6 is 0 Å². The summed E-state index contributed by atoms with van der Waals surface area (Å²) in [7, 11) is 3.11. The molecule has 0 saturated heterocycles. The first-order valence-electron chi connectivity index (χ1n) is 8.20. The Morgan fingerprint density at radius 1 is 1.07 bits per heavy atom. The minimum Gasteiger partial charge on any atom is -0.493 e. The van der Waals surface area contributed by atoms with Crippen LogP contribution in [0.1, 0.15) is 5.89 Å². The van der Waals surface area contributed by atoms with Gasteiger partial charge in [-0.05, 0) is 24.3 Å². The fourth-order valence-corrected chi connectivity index (χ4v) is 2.90. The van der Waals surface area contributed by atoms with Crippen LogP contribution in [-0.4, -0.2) is 33.9 Å². The fourth-order valence-electron chi connectivity index (χ4n) is 2.90. The third-order valence-electron chi connectivity index (χ3n) is 4.16. The van der Waals surface area contributed by atoms with Gasteiger partial charge in [-0.3, -0.25) is 9.36 Å². The molecule has 2 heterocycles. The molecule has 0 N–H and O–H groups in total. The molecule has 27 heavy (non-hydrogen) atoms. The van der Waals surface area contributed by atoms with E-state index in [1.807, 2.05) is 36.4 Å². The zero-order valence-corrected chi connectivity index (χ0v) is 14.7. The molecule has 0 saturated carbocycles. The maximum Gasteiger partial charge on any atom is 0.269 e. The van der Waals surface area contributed by atoms with Crippen LogP contribution in [0.15, 0.2) is 58.0 Å². The van der Waals surface area contributed by atoms with Gasteiger partial charge in [0.05, 0.1) is 37.0 Å². The molecule has 2 aromatic carbocycles. The van der Waals surface area contributed by atoms with E-state index in [-0.39, 0.29) is 12.1 Å². The van der Waals surface area contributed by atoms with Crippen LogP contribution in [-0.2, 0) is 6.54 Å². The van der Waals surface area contributed by atoms with E-state index in [4.69, 9.17) is 14.0 Å². The van der Waals surface area contributed by atoms with Crippen LogP contribution in [0, 0.1) is 0 Å². The molecule has 0 aliphatic carbocycles. The van der Waals surface area contributed by atoms with Gasteiger partial charge in [0.2, 0.25) is 11.7 Å². The van der Waals surface area contributed by atoms with Crippen molar-refractivity contribution in [3.05, 3.63) is 64.9 Å². The topological polar surface area (TPSA) is 92.3 Å². The molecular weight excluding hydrogens is 348 g/mol. The Balaban J connectivity index is 1.73. The molecule has 0 atom stereocenters. The van der Waals surface area contributed by atoms with Crippen LogP contribution in [0.3, 0.4) is 0 Å². The van der Waals surface area contributed by atoms with Gasteiger partial charge in [-0.2, -0.15) is 4.98 Å². The molecule has 0 aliphatic heterocycles. The SMILES string of the molecule is COc1cccc(-c2noc(Cn3c(=O)cnc4ccccc43)n2)c1OC. The highest BCUT2D eigenvalue weighted by Crippen LogP contribution is 2.36. The first-order valence-corrected chi connectivity index (χ1v) is 8.20. The van der Waals surface area contributed by atoms with E-state index < -0.39 is 0 Å². The largest absolute Gasteiger partial charge is 0.493 e. The predicted octanol–water partition coefficient (Wildman–Crippen LogP) is 2.51. The Morgan fingerprint density at radius 3 is 2.74 bits per heavy atom. The zero-order valence-electron chi connectivity index (χ0n) is 14.7. The van der Waals surface area contributed by atoms with Gasteiger partial charge in [0, 0.05) is 0 Å². The first-order chi connectivity index (χ1) is 13.2. The number of methoxy groups -OCH3 is 2. The number of hydrogen-bond acceptors (Lipinski definition) is 7. The number of benzene rings is 2. The summed E-state index contributed by atoms with van der Waals surface area (Å²) in [5, 5.41) is 4.02. The van der Waals surface area contributed by atoms with Crippen molar-refractivity contribution in [2.24, 2.45) is 0 Å². The van der Waals surface area contributed by atoms with Gasteiger partial charge < -0.3 is 14.0 Å². The van der Waals surface area contributed by atoms with Crippen molar-refractivity contribution < 1.29 is 14.0 Å². The number of aromatic nitrogens is 4. The van der Waals surface area contributed by atoms with Gasteiger partial charge in [-0.1, -0.05) is 23.4 Å². The Bertz CT molecular complexity index is 1170. The molecule has 0 radical (unpaired) electrons. The van der Waals surface area contributed by atoms with Crippen LogP contribution in [0.2, 0.25) is 0 Å². The molecule has 0 amide bonds. The summed E-state index contributed by atoms with van der Waals surface area (Å²) in [6.45, 7) is 0.140. The average molecular weight is 364 g/mol. The Morgan fingerprint density at radius 2 is 1.93 bits per heavy atom. The van der Waals surface area contributed by atoms with E-state index in [1.165, 1.54) is 6.20 Å². The summed E-state index contributed by atoms with van der Waals surface area (Å²) in [4.78, 5) is 20.8. The maximum absolute atomic E-state index is 12.3. The second-order valence-corrected chi connectivity index (χ2v) is 5.72. The number of rotatable bonds is 5. The van der Waals surface area contributed by atoms with Crippen LogP contribution in [0.4, 0.5) is 0 Å². The Hall–Kier alpha value is -3.68. The van der Waals surface area contributed by atoms with Crippen molar-refractivity contribution in [3.8, 4) is 22.9 Å². The van der Waals surface area contributed by atoms with Gasteiger partial charge in [0.15, 0.2) is 11.5 Å². The van der Waals surface area contributed by atoms with Crippen molar-refractivity contribution in [1.82, 2.24) is 19.7 Å². The number of fused-ring (bicyclic) bond motifs is 1. The van der Waals surface area contributed by atoms with Gasteiger partial charge >= 0.3 is 0 Å². The molecule has 0 unspecified atom stereocenters. The minimum atomic E-state index is -0.243. The number of para-hydroxylation sites is 3. The second kappa shape index (κ2) is 6.91. The lowest BCUT2D eigenvalue weighted by Gasteiger charge is -2.09. The van der Waals surface area contributed by atoms with Gasteiger partial charge in [-0.25, -0.2) is 4.98 Å². The van der Waals surface area contributed by atoms with Crippen molar-refractivity contribution in [3.63, 3.8) is 0 Å². The monoisotopic (exact) mass is 364 g/mol. The highest BCUT2D eigenvalue weighted by atomic mass is 16.5. The number of hydrogen-bond donors (Lipinski definition) is 0. The molecule has 0 aliphatic rings. The molecule has 0 bridgehead atoms. The lowest BCUT2D eigenvalue weighted by molar-refractivity contribution is 0.355. The molecule has 8 heteroatoms.